The maximum atomic E-state index is 11.0. The lowest BCUT2D eigenvalue weighted by Crippen LogP contribution is -2.20. The Balaban J connectivity index is 2.40. The summed E-state index contributed by atoms with van der Waals surface area (Å²) in [5.41, 5.74) is 0.750. The minimum absolute atomic E-state index is 0.117. The smallest absolute Gasteiger partial charge is 0.243 e. The third kappa shape index (κ3) is 3.46. The third-order valence-electron chi connectivity index (χ3n) is 1.38. The normalized spacial score (nSPS) is 10.2. The van der Waals surface area contributed by atoms with Gasteiger partial charge in [-0.3, -0.25) is 14.8 Å². The van der Waals surface area contributed by atoms with Crippen molar-refractivity contribution in [3.05, 3.63) is 36.4 Å². The van der Waals surface area contributed by atoms with E-state index < -0.39 is 0 Å². The molecule has 13 heavy (non-hydrogen) atoms. The van der Waals surface area contributed by atoms with E-state index in [9.17, 15) is 4.79 Å². The predicted octanol–water partition coefficient (Wildman–Crippen LogP) is 0.669. The monoisotopic (exact) mass is 177 g/mol. The summed E-state index contributed by atoms with van der Waals surface area (Å²) in [5, 5.41) is 2.67. The zero-order valence-electron chi connectivity index (χ0n) is 7.40. The predicted molar refractivity (Wildman–Crippen MR) is 48.7 cm³/mol. The van der Waals surface area contributed by atoms with Crippen LogP contribution in [0.25, 0.3) is 0 Å². The molecular weight excluding hydrogens is 166 g/mol. The van der Waals surface area contributed by atoms with Crippen LogP contribution in [0.2, 0.25) is 0 Å². The lowest BCUT2D eigenvalue weighted by atomic mass is 10.4. The highest BCUT2D eigenvalue weighted by Gasteiger charge is 1.95. The first-order chi connectivity index (χ1) is 6.33. The highest BCUT2D eigenvalue weighted by molar-refractivity contribution is 5.87. The minimum atomic E-state index is -0.117. The van der Waals surface area contributed by atoms with Gasteiger partial charge in [0.2, 0.25) is 5.91 Å². The van der Waals surface area contributed by atoms with Crippen molar-refractivity contribution in [3.63, 3.8) is 0 Å². The van der Waals surface area contributed by atoms with Crippen molar-refractivity contribution in [2.45, 2.75) is 13.5 Å². The average molecular weight is 177 g/mol. The second-order valence-corrected chi connectivity index (χ2v) is 2.41. The molecular formula is C9H11N3O. The van der Waals surface area contributed by atoms with Crippen molar-refractivity contribution >= 4 is 5.91 Å². The lowest BCUT2D eigenvalue weighted by Gasteiger charge is -1.99. The molecule has 0 spiro atoms. The highest BCUT2D eigenvalue weighted by atomic mass is 16.1. The number of allylic oxidation sites excluding steroid dienone is 1. The second-order valence-electron chi connectivity index (χ2n) is 2.41. The lowest BCUT2D eigenvalue weighted by molar-refractivity contribution is -0.116. The SMILES string of the molecule is C/C=C/C(=O)NCc1cnccn1. The molecule has 4 heteroatoms. The molecule has 4 nitrogen and oxygen atoms in total. The van der Waals surface area contributed by atoms with E-state index in [1.165, 1.54) is 6.08 Å². The Hall–Kier alpha value is -1.71. The molecule has 0 aliphatic carbocycles. The number of amides is 1. The molecule has 0 aromatic carbocycles. The van der Waals surface area contributed by atoms with Gasteiger partial charge in [-0.05, 0) is 13.0 Å². The number of rotatable bonds is 3. The van der Waals surface area contributed by atoms with Gasteiger partial charge in [-0.1, -0.05) is 6.08 Å². The first-order valence-electron chi connectivity index (χ1n) is 3.98. The van der Waals surface area contributed by atoms with Gasteiger partial charge in [0.05, 0.1) is 18.4 Å². The van der Waals surface area contributed by atoms with E-state index in [2.05, 4.69) is 15.3 Å². The summed E-state index contributed by atoms with van der Waals surface area (Å²) in [7, 11) is 0. The zero-order valence-corrected chi connectivity index (χ0v) is 7.40. The summed E-state index contributed by atoms with van der Waals surface area (Å²) >= 11 is 0. The van der Waals surface area contributed by atoms with Gasteiger partial charge in [0.1, 0.15) is 0 Å². The van der Waals surface area contributed by atoms with Gasteiger partial charge in [-0.25, -0.2) is 0 Å². The molecule has 1 heterocycles. The molecule has 0 aliphatic heterocycles. The van der Waals surface area contributed by atoms with Crippen LogP contribution >= 0.6 is 0 Å². The molecule has 1 rings (SSSR count). The number of nitrogens with zero attached hydrogens (tertiary/aromatic N) is 2. The second kappa shape index (κ2) is 5.03. The first kappa shape index (κ1) is 9.38. The van der Waals surface area contributed by atoms with Crippen molar-refractivity contribution in [3.8, 4) is 0 Å². The third-order valence-corrected chi connectivity index (χ3v) is 1.38. The van der Waals surface area contributed by atoms with Crippen molar-refractivity contribution in [2.75, 3.05) is 0 Å². The fourth-order valence-electron chi connectivity index (χ4n) is 0.809. The Labute approximate surface area is 76.7 Å². The number of nitrogens with one attached hydrogen (secondary N) is 1. The van der Waals surface area contributed by atoms with Crippen molar-refractivity contribution in [1.29, 1.82) is 0 Å². The van der Waals surface area contributed by atoms with Crippen LogP contribution in [-0.2, 0) is 11.3 Å². The summed E-state index contributed by atoms with van der Waals surface area (Å²) < 4.78 is 0. The number of carbonyl (C=O) groups is 1. The Morgan fingerprint density at radius 1 is 1.62 bits per heavy atom. The number of hydrogen-bond donors (Lipinski definition) is 1. The Morgan fingerprint density at radius 2 is 2.46 bits per heavy atom. The van der Waals surface area contributed by atoms with Crippen LogP contribution in [0, 0.1) is 0 Å². The summed E-state index contributed by atoms with van der Waals surface area (Å²) in [5.74, 6) is -0.117. The molecule has 0 saturated carbocycles. The minimum Gasteiger partial charge on any atom is -0.347 e. The van der Waals surface area contributed by atoms with E-state index in [1.807, 2.05) is 0 Å². The van der Waals surface area contributed by atoms with Gasteiger partial charge < -0.3 is 5.32 Å². The molecule has 0 fully saturated rings. The van der Waals surface area contributed by atoms with Gasteiger partial charge >= 0.3 is 0 Å². The van der Waals surface area contributed by atoms with E-state index in [4.69, 9.17) is 0 Å². The van der Waals surface area contributed by atoms with Crippen LogP contribution < -0.4 is 5.32 Å². The quantitative estimate of drug-likeness (QED) is 0.690. The molecule has 0 aliphatic rings. The first-order valence-corrected chi connectivity index (χ1v) is 3.98. The zero-order chi connectivity index (χ0) is 9.52. The Kier molecular flexibility index (Phi) is 3.63. The van der Waals surface area contributed by atoms with Crippen molar-refractivity contribution in [1.82, 2.24) is 15.3 Å². The number of hydrogen-bond acceptors (Lipinski definition) is 3. The summed E-state index contributed by atoms with van der Waals surface area (Å²) in [6.07, 6.45) is 7.97. The Bertz CT molecular complexity index is 295. The largest absolute Gasteiger partial charge is 0.347 e. The van der Waals surface area contributed by atoms with E-state index in [0.717, 1.165) is 5.69 Å². The van der Waals surface area contributed by atoms with Crippen LogP contribution in [-0.4, -0.2) is 15.9 Å². The molecule has 1 N–H and O–H groups in total. The van der Waals surface area contributed by atoms with Crippen LogP contribution in [0.3, 0.4) is 0 Å². The number of carbonyl (C=O) groups excluding carboxylic acids is 1. The molecule has 0 radical (unpaired) electrons. The highest BCUT2D eigenvalue weighted by Crippen LogP contribution is 1.88. The maximum Gasteiger partial charge on any atom is 0.243 e. The maximum absolute atomic E-state index is 11.0. The summed E-state index contributed by atoms with van der Waals surface area (Å²) in [6.45, 7) is 2.21. The van der Waals surface area contributed by atoms with E-state index >= 15 is 0 Å². The summed E-state index contributed by atoms with van der Waals surface area (Å²) in [4.78, 5) is 18.9. The molecule has 1 amide bonds. The van der Waals surface area contributed by atoms with E-state index in [-0.39, 0.29) is 5.91 Å². The summed E-state index contributed by atoms with van der Waals surface area (Å²) in [6, 6.07) is 0. The average Bonchev–Trinajstić information content (AvgIpc) is 2.17. The van der Waals surface area contributed by atoms with E-state index in [0.29, 0.717) is 6.54 Å². The fourth-order valence-corrected chi connectivity index (χ4v) is 0.809. The van der Waals surface area contributed by atoms with Gasteiger partial charge in [-0.2, -0.15) is 0 Å². The molecule has 0 atom stereocenters. The van der Waals surface area contributed by atoms with Gasteiger partial charge in [0.15, 0.2) is 0 Å². The fraction of sp³-hybridized carbons (Fsp3) is 0.222. The van der Waals surface area contributed by atoms with Crippen LogP contribution in [0.15, 0.2) is 30.7 Å². The standard InChI is InChI=1S/C9H11N3O/c1-2-3-9(13)12-7-8-6-10-4-5-11-8/h2-6H,7H2,1H3,(H,12,13)/b3-2+. The molecule has 1 aromatic rings. The molecule has 0 unspecified atom stereocenters. The van der Waals surface area contributed by atoms with Gasteiger partial charge in [0.25, 0.3) is 0 Å². The van der Waals surface area contributed by atoms with Gasteiger partial charge in [0, 0.05) is 12.4 Å². The van der Waals surface area contributed by atoms with E-state index in [1.54, 1.807) is 31.6 Å². The van der Waals surface area contributed by atoms with Crippen LogP contribution in [0.1, 0.15) is 12.6 Å². The molecule has 0 bridgehead atoms. The molecule has 1 aromatic heterocycles. The van der Waals surface area contributed by atoms with Crippen LogP contribution in [0.5, 0.6) is 0 Å². The van der Waals surface area contributed by atoms with Crippen molar-refractivity contribution in [2.24, 2.45) is 0 Å². The molecule has 68 valence electrons. The number of aromatic nitrogens is 2. The molecule has 0 saturated heterocycles. The Morgan fingerprint density at radius 3 is 3.08 bits per heavy atom. The van der Waals surface area contributed by atoms with Crippen LogP contribution in [0.4, 0.5) is 0 Å². The van der Waals surface area contributed by atoms with Crippen molar-refractivity contribution < 1.29 is 4.79 Å². The van der Waals surface area contributed by atoms with Gasteiger partial charge in [-0.15, -0.1) is 0 Å². The topological polar surface area (TPSA) is 54.9 Å².